The van der Waals surface area contributed by atoms with E-state index in [1.807, 2.05) is 0 Å². The largest absolute Gasteiger partial charge is 0.394 e. The quantitative estimate of drug-likeness (QED) is 0.114. The molecule has 40 heavy (non-hydrogen) atoms. The van der Waals surface area contributed by atoms with Crippen LogP contribution in [0.25, 0.3) is 0 Å². The monoisotopic (exact) mass is 587 g/mol. The molecular formula is C23H41NO16. The second-order valence-electron chi connectivity index (χ2n) is 10.1. The summed E-state index contributed by atoms with van der Waals surface area (Å²) in [5.74, 6) is -0.643. The van der Waals surface area contributed by atoms with E-state index in [0.717, 1.165) is 6.92 Å². The lowest BCUT2D eigenvalue weighted by atomic mass is 9.94. The van der Waals surface area contributed by atoms with Crippen molar-refractivity contribution in [2.45, 2.75) is 119 Å². The SMILES string of the molecule is CC(=O)N[C@H]1[C@H](O[C@@H]2[C@@H](O)[C@H](C)O[C@@H](OC(CO)CO)[C@@H]2O)O[C@H](CO)[C@@H](O)[C@@H]1O[C@@H]1O[C@@H](C)[C@H](O)[C@@H](O)[C@H]1O. The van der Waals surface area contributed by atoms with Crippen molar-refractivity contribution in [3.63, 3.8) is 0 Å². The van der Waals surface area contributed by atoms with Crippen molar-refractivity contribution in [1.29, 1.82) is 0 Å². The van der Waals surface area contributed by atoms with Crippen molar-refractivity contribution in [3.8, 4) is 0 Å². The summed E-state index contributed by atoms with van der Waals surface area (Å²) < 4.78 is 33.6. The minimum Gasteiger partial charge on any atom is -0.394 e. The summed E-state index contributed by atoms with van der Waals surface area (Å²) in [6.07, 6.45) is -21.9. The number of ether oxygens (including phenoxy) is 6. The third-order valence-corrected chi connectivity index (χ3v) is 7.13. The van der Waals surface area contributed by atoms with Gasteiger partial charge in [0, 0.05) is 6.92 Å². The van der Waals surface area contributed by atoms with E-state index in [4.69, 9.17) is 28.4 Å². The molecular weight excluding hydrogens is 546 g/mol. The molecule has 15 atom stereocenters. The number of carbonyl (C=O) groups is 1. The lowest BCUT2D eigenvalue weighted by Gasteiger charge is -2.49. The minimum absolute atomic E-state index is 0.601. The van der Waals surface area contributed by atoms with E-state index in [1.54, 1.807) is 0 Å². The highest BCUT2D eigenvalue weighted by Crippen LogP contribution is 2.33. The molecule has 234 valence electrons. The second-order valence-corrected chi connectivity index (χ2v) is 10.1. The topological polar surface area (TPSA) is 267 Å². The number of hydrogen-bond donors (Lipinski definition) is 10. The van der Waals surface area contributed by atoms with Crippen LogP contribution >= 0.6 is 0 Å². The van der Waals surface area contributed by atoms with E-state index in [0.29, 0.717) is 0 Å². The minimum atomic E-state index is -1.77. The molecule has 10 N–H and O–H groups in total. The molecule has 0 saturated carbocycles. The molecule has 17 heteroatoms. The van der Waals surface area contributed by atoms with Gasteiger partial charge >= 0.3 is 0 Å². The highest BCUT2D eigenvalue weighted by atomic mass is 16.7. The molecule has 0 aromatic heterocycles. The van der Waals surface area contributed by atoms with Crippen molar-refractivity contribution in [2.75, 3.05) is 19.8 Å². The molecule has 0 aromatic rings. The van der Waals surface area contributed by atoms with Gasteiger partial charge in [0.1, 0.15) is 67.1 Å². The number of rotatable bonds is 10. The summed E-state index contributed by atoms with van der Waals surface area (Å²) >= 11 is 0. The molecule has 3 aliphatic rings. The maximum atomic E-state index is 12.1. The highest BCUT2D eigenvalue weighted by molar-refractivity contribution is 5.73. The molecule has 0 aliphatic carbocycles. The summed E-state index contributed by atoms with van der Waals surface area (Å²) in [6, 6.07) is -1.40. The molecule has 0 spiro atoms. The molecule has 3 fully saturated rings. The van der Waals surface area contributed by atoms with Gasteiger partial charge in [-0.3, -0.25) is 4.79 Å². The Morgan fingerprint density at radius 2 is 1.30 bits per heavy atom. The van der Waals surface area contributed by atoms with Crippen LogP contribution in [0.15, 0.2) is 0 Å². The van der Waals surface area contributed by atoms with Crippen LogP contribution in [-0.2, 0) is 33.2 Å². The molecule has 1 amide bonds. The number of aliphatic hydroxyl groups excluding tert-OH is 9. The Balaban J connectivity index is 1.88. The van der Waals surface area contributed by atoms with Crippen LogP contribution in [0.4, 0.5) is 0 Å². The van der Waals surface area contributed by atoms with Gasteiger partial charge in [-0.1, -0.05) is 0 Å². The summed E-state index contributed by atoms with van der Waals surface area (Å²) in [5, 5.41) is 94.2. The molecule has 0 aromatic carbocycles. The number of carbonyl (C=O) groups excluding carboxylic acids is 1. The molecule has 17 nitrogen and oxygen atoms in total. The summed E-state index contributed by atoms with van der Waals surface area (Å²) in [4.78, 5) is 12.1. The second kappa shape index (κ2) is 14.4. The van der Waals surface area contributed by atoms with E-state index >= 15 is 0 Å². The van der Waals surface area contributed by atoms with Crippen molar-refractivity contribution >= 4 is 5.91 Å². The lowest BCUT2D eigenvalue weighted by Crippen LogP contribution is -2.69. The van der Waals surface area contributed by atoms with Gasteiger partial charge in [0.2, 0.25) is 5.91 Å². The van der Waals surface area contributed by atoms with Crippen molar-refractivity contribution in [1.82, 2.24) is 5.32 Å². The standard InChI is InChI=1S/C23H41NO16/c1-7-13(29)16(32)17(33)22(35-7)39-19-12(24-9(3)28)21(38-11(6-27)15(19)31)40-20-14(30)8(2)36-23(18(20)34)37-10(4-25)5-26/h7-8,10-23,25-27,29-34H,4-6H2,1-3H3,(H,24,28)/t7-,8-,11+,12+,13-,14-,15+,16+,17+,18+,19+,20+,21-,22-,23-/m0/s1. The predicted molar refractivity (Wildman–Crippen MR) is 127 cm³/mol. The molecule has 0 radical (unpaired) electrons. The van der Waals surface area contributed by atoms with Gasteiger partial charge in [0.15, 0.2) is 18.9 Å². The lowest BCUT2D eigenvalue weighted by molar-refractivity contribution is -0.365. The van der Waals surface area contributed by atoms with Crippen molar-refractivity contribution < 1.29 is 79.2 Å². The summed E-state index contributed by atoms with van der Waals surface area (Å²) in [7, 11) is 0. The van der Waals surface area contributed by atoms with Gasteiger partial charge in [0.25, 0.3) is 0 Å². The van der Waals surface area contributed by atoms with E-state index in [2.05, 4.69) is 5.32 Å². The van der Waals surface area contributed by atoms with Gasteiger partial charge in [-0.05, 0) is 13.8 Å². The molecule has 3 aliphatic heterocycles. The van der Waals surface area contributed by atoms with E-state index in [1.165, 1.54) is 13.8 Å². The first kappa shape index (κ1) is 33.4. The van der Waals surface area contributed by atoms with Crippen LogP contribution in [-0.4, -0.2) is 170 Å². The van der Waals surface area contributed by atoms with Crippen LogP contribution in [0.3, 0.4) is 0 Å². The van der Waals surface area contributed by atoms with Crippen molar-refractivity contribution in [2.24, 2.45) is 0 Å². The number of aliphatic hydroxyl groups is 9. The predicted octanol–water partition coefficient (Wildman–Crippen LogP) is -6.00. The van der Waals surface area contributed by atoms with Gasteiger partial charge in [0.05, 0.1) is 32.0 Å². The first-order valence-corrected chi connectivity index (χ1v) is 12.9. The first-order chi connectivity index (χ1) is 18.8. The number of hydrogen-bond acceptors (Lipinski definition) is 16. The van der Waals surface area contributed by atoms with Gasteiger partial charge in [-0.15, -0.1) is 0 Å². The van der Waals surface area contributed by atoms with Crippen LogP contribution in [0.1, 0.15) is 20.8 Å². The molecule has 3 rings (SSSR count). The Bertz CT molecular complexity index is 805. The van der Waals surface area contributed by atoms with Gasteiger partial charge < -0.3 is 79.7 Å². The average Bonchev–Trinajstić information content (AvgIpc) is 2.92. The maximum absolute atomic E-state index is 12.1. The third-order valence-electron chi connectivity index (χ3n) is 7.13. The fourth-order valence-electron chi connectivity index (χ4n) is 4.77. The Morgan fingerprint density at radius 3 is 1.88 bits per heavy atom. The fourth-order valence-corrected chi connectivity index (χ4v) is 4.77. The summed E-state index contributed by atoms with van der Waals surface area (Å²) in [5.41, 5.74) is 0. The third kappa shape index (κ3) is 7.25. The van der Waals surface area contributed by atoms with Crippen LogP contribution in [0.5, 0.6) is 0 Å². The Labute approximate surface area is 229 Å². The average molecular weight is 588 g/mol. The van der Waals surface area contributed by atoms with Crippen LogP contribution in [0.2, 0.25) is 0 Å². The zero-order valence-electron chi connectivity index (χ0n) is 22.2. The molecule has 3 heterocycles. The Kier molecular flexibility index (Phi) is 12.0. The Hall–Kier alpha value is -1.13. The highest BCUT2D eigenvalue weighted by Gasteiger charge is 2.54. The van der Waals surface area contributed by atoms with Crippen LogP contribution < -0.4 is 5.32 Å². The number of amides is 1. The van der Waals surface area contributed by atoms with Crippen molar-refractivity contribution in [3.05, 3.63) is 0 Å². The smallest absolute Gasteiger partial charge is 0.217 e. The van der Waals surface area contributed by atoms with E-state index in [-0.39, 0.29) is 0 Å². The zero-order valence-corrected chi connectivity index (χ0v) is 22.2. The zero-order chi connectivity index (χ0) is 29.9. The fraction of sp³-hybridized carbons (Fsp3) is 0.957. The molecule has 3 saturated heterocycles. The summed E-state index contributed by atoms with van der Waals surface area (Å²) in [6.45, 7) is 2.02. The van der Waals surface area contributed by atoms with Gasteiger partial charge in [-0.25, -0.2) is 0 Å². The normalized spacial score (nSPS) is 46.4. The molecule has 0 bridgehead atoms. The van der Waals surface area contributed by atoms with E-state index in [9.17, 15) is 50.8 Å². The Morgan fingerprint density at radius 1 is 0.725 bits per heavy atom. The van der Waals surface area contributed by atoms with E-state index < -0.39 is 124 Å². The first-order valence-electron chi connectivity index (χ1n) is 12.9. The van der Waals surface area contributed by atoms with Crippen LogP contribution in [0, 0.1) is 0 Å². The molecule has 0 unspecified atom stereocenters. The number of nitrogens with one attached hydrogen (secondary N) is 1. The van der Waals surface area contributed by atoms with Gasteiger partial charge in [-0.2, -0.15) is 0 Å². The maximum Gasteiger partial charge on any atom is 0.217 e.